The van der Waals surface area contributed by atoms with E-state index in [0.717, 1.165) is 23.2 Å². The molecule has 2 aromatic carbocycles. The number of benzene rings is 2. The minimum absolute atomic E-state index is 0.0243. The quantitative estimate of drug-likeness (QED) is 0.733. The van der Waals surface area contributed by atoms with Gasteiger partial charge in [-0.3, -0.25) is 4.79 Å². The van der Waals surface area contributed by atoms with Gasteiger partial charge in [0.15, 0.2) is 0 Å². The molecule has 5 nitrogen and oxygen atoms in total. The van der Waals surface area contributed by atoms with E-state index >= 15 is 0 Å². The highest BCUT2D eigenvalue weighted by molar-refractivity contribution is 7.88. The van der Waals surface area contributed by atoms with Gasteiger partial charge in [-0.1, -0.05) is 48.9 Å². The molecule has 0 aromatic heterocycles. The van der Waals surface area contributed by atoms with Gasteiger partial charge < -0.3 is 5.32 Å². The second-order valence-electron chi connectivity index (χ2n) is 7.51. The second-order valence-corrected chi connectivity index (χ2v) is 9.91. The van der Waals surface area contributed by atoms with E-state index in [-0.39, 0.29) is 17.6 Å². The molecule has 0 radical (unpaired) electrons. The Morgan fingerprint density at radius 1 is 1.14 bits per heavy atom. The summed E-state index contributed by atoms with van der Waals surface area (Å²) < 4.78 is 27.0. The lowest BCUT2D eigenvalue weighted by atomic mass is 9.96. The number of carbonyl (C=O) groups excluding carboxylic acids is 1. The molecule has 0 bridgehead atoms. The fourth-order valence-electron chi connectivity index (χ4n) is 3.71. The normalized spacial score (nSPS) is 16.0. The third-order valence-electron chi connectivity index (χ3n) is 5.47. The lowest BCUT2D eigenvalue weighted by Crippen LogP contribution is -2.42. The maximum atomic E-state index is 12.8. The van der Waals surface area contributed by atoms with Crippen LogP contribution in [0.25, 0.3) is 0 Å². The van der Waals surface area contributed by atoms with Gasteiger partial charge in [-0.25, -0.2) is 12.7 Å². The first-order chi connectivity index (χ1) is 13.8. The minimum atomic E-state index is -3.42. The molecule has 3 rings (SSSR count). The number of hydrogen-bond donors (Lipinski definition) is 1. The standard InChI is InChI=1S/C22H27ClN2O3S/c1-3-18-6-4-5-16(2)21(18)24-22(26)19-11-13-25(14-12-19)29(27,28)15-17-7-9-20(23)10-8-17/h4-10,19H,3,11-15H2,1-2H3,(H,24,26). The fourth-order valence-corrected chi connectivity index (χ4v) is 5.40. The van der Waals surface area contributed by atoms with Gasteiger partial charge in [0.1, 0.15) is 0 Å². The molecule has 2 aromatic rings. The van der Waals surface area contributed by atoms with Crippen LogP contribution < -0.4 is 5.32 Å². The number of anilines is 1. The van der Waals surface area contributed by atoms with E-state index in [9.17, 15) is 13.2 Å². The Morgan fingerprint density at radius 2 is 1.79 bits per heavy atom. The van der Waals surface area contributed by atoms with E-state index in [4.69, 9.17) is 11.6 Å². The number of carbonyl (C=O) groups is 1. The number of piperidine rings is 1. The van der Waals surface area contributed by atoms with Gasteiger partial charge in [0, 0.05) is 29.7 Å². The van der Waals surface area contributed by atoms with Crippen LogP contribution in [-0.2, 0) is 27.0 Å². The molecule has 7 heteroatoms. The third-order valence-corrected chi connectivity index (χ3v) is 7.57. The van der Waals surface area contributed by atoms with E-state index in [0.29, 0.717) is 36.5 Å². The summed E-state index contributed by atoms with van der Waals surface area (Å²) in [5, 5.41) is 3.66. The van der Waals surface area contributed by atoms with E-state index in [1.807, 2.05) is 25.1 Å². The number of halogens is 1. The number of nitrogens with one attached hydrogen (secondary N) is 1. The molecule has 1 fully saturated rings. The van der Waals surface area contributed by atoms with Crippen LogP contribution in [0.4, 0.5) is 5.69 Å². The number of nitrogens with zero attached hydrogens (tertiary/aromatic N) is 1. The van der Waals surface area contributed by atoms with Crippen molar-refractivity contribution >= 4 is 33.2 Å². The number of amides is 1. The molecule has 1 aliphatic heterocycles. The van der Waals surface area contributed by atoms with E-state index in [1.165, 1.54) is 4.31 Å². The smallest absolute Gasteiger partial charge is 0.227 e. The van der Waals surface area contributed by atoms with Gasteiger partial charge in [-0.15, -0.1) is 0 Å². The van der Waals surface area contributed by atoms with Crippen molar-refractivity contribution in [3.05, 3.63) is 64.2 Å². The summed E-state index contributed by atoms with van der Waals surface area (Å²) in [6, 6.07) is 12.8. The first-order valence-electron chi connectivity index (χ1n) is 9.91. The van der Waals surface area contributed by atoms with Crippen molar-refractivity contribution in [3.63, 3.8) is 0 Å². The summed E-state index contributed by atoms with van der Waals surface area (Å²) in [4.78, 5) is 12.8. The van der Waals surface area contributed by atoms with Crippen molar-refractivity contribution in [1.82, 2.24) is 4.31 Å². The molecule has 1 amide bonds. The molecule has 1 N–H and O–H groups in total. The Morgan fingerprint density at radius 3 is 2.41 bits per heavy atom. The zero-order valence-corrected chi connectivity index (χ0v) is 18.4. The van der Waals surface area contributed by atoms with Crippen molar-refractivity contribution in [1.29, 1.82) is 0 Å². The number of sulfonamides is 1. The number of hydrogen-bond acceptors (Lipinski definition) is 3. The summed E-state index contributed by atoms with van der Waals surface area (Å²) >= 11 is 5.87. The van der Waals surface area contributed by atoms with Crippen LogP contribution in [0.15, 0.2) is 42.5 Å². The Labute approximate surface area is 178 Å². The maximum Gasteiger partial charge on any atom is 0.227 e. The van der Waals surface area contributed by atoms with Crippen molar-refractivity contribution in [2.75, 3.05) is 18.4 Å². The van der Waals surface area contributed by atoms with Gasteiger partial charge >= 0.3 is 0 Å². The van der Waals surface area contributed by atoms with Gasteiger partial charge in [0.05, 0.1) is 5.75 Å². The predicted molar refractivity (Wildman–Crippen MR) is 118 cm³/mol. The average molecular weight is 435 g/mol. The highest BCUT2D eigenvalue weighted by Crippen LogP contribution is 2.26. The molecular formula is C22H27ClN2O3S. The van der Waals surface area contributed by atoms with E-state index < -0.39 is 10.0 Å². The molecule has 0 saturated carbocycles. The molecule has 0 unspecified atom stereocenters. The largest absolute Gasteiger partial charge is 0.325 e. The predicted octanol–water partition coefficient (Wildman–Crippen LogP) is 4.39. The van der Waals surface area contributed by atoms with Crippen LogP contribution >= 0.6 is 11.6 Å². The molecule has 29 heavy (non-hydrogen) atoms. The summed E-state index contributed by atoms with van der Waals surface area (Å²) in [6.45, 7) is 4.78. The highest BCUT2D eigenvalue weighted by atomic mass is 35.5. The number of para-hydroxylation sites is 1. The zero-order chi connectivity index (χ0) is 21.0. The summed E-state index contributed by atoms with van der Waals surface area (Å²) in [5.41, 5.74) is 3.75. The Hall–Kier alpha value is -1.89. The molecule has 1 aliphatic rings. The Kier molecular flexibility index (Phi) is 6.98. The van der Waals surface area contributed by atoms with Gasteiger partial charge in [0.2, 0.25) is 15.9 Å². The molecule has 0 aliphatic carbocycles. The molecule has 0 atom stereocenters. The van der Waals surface area contributed by atoms with Crippen LogP contribution in [0.3, 0.4) is 0 Å². The van der Waals surface area contributed by atoms with Crippen molar-refractivity contribution in [2.45, 2.75) is 38.9 Å². The minimum Gasteiger partial charge on any atom is -0.325 e. The van der Waals surface area contributed by atoms with Crippen LogP contribution in [0.1, 0.15) is 36.5 Å². The first kappa shape index (κ1) is 21.8. The van der Waals surface area contributed by atoms with E-state index in [2.05, 4.69) is 12.2 Å². The van der Waals surface area contributed by atoms with Crippen LogP contribution in [0.5, 0.6) is 0 Å². The summed E-state index contributed by atoms with van der Waals surface area (Å²) in [7, 11) is -3.42. The Bertz CT molecular complexity index is 966. The zero-order valence-electron chi connectivity index (χ0n) is 16.8. The van der Waals surface area contributed by atoms with Crippen LogP contribution in [0.2, 0.25) is 5.02 Å². The monoisotopic (exact) mass is 434 g/mol. The number of aryl methyl sites for hydroxylation is 2. The third kappa shape index (κ3) is 5.38. The fraction of sp³-hybridized carbons (Fsp3) is 0.409. The molecule has 1 heterocycles. The SMILES string of the molecule is CCc1cccc(C)c1NC(=O)C1CCN(S(=O)(=O)Cc2ccc(Cl)cc2)CC1. The van der Waals surface area contributed by atoms with Gasteiger partial charge in [-0.05, 0) is 55.0 Å². The lowest BCUT2D eigenvalue weighted by molar-refractivity contribution is -0.120. The summed E-state index contributed by atoms with van der Waals surface area (Å²) in [6.07, 6.45) is 1.90. The van der Waals surface area contributed by atoms with Crippen LogP contribution in [-0.4, -0.2) is 31.7 Å². The van der Waals surface area contributed by atoms with Gasteiger partial charge in [-0.2, -0.15) is 0 Å². The lowest BCUT2D eigenvalue weighted by Gasteiger charge is -2.31. The number of rotatable bonds is 6. The van der Waals surface area contributed by atoms with Crippen LogP contribution in [0, 0.1) is 12.8 Å². The highest BCUT2D eigenvalue weighted by Gasteiger charge is 2.31. The average Bonchev–Trinajstić information content (AvgIpc) is 2.71. The van der Waals surface area contributed by atoms with Crippen molar-refractivity contribution < 1.29 is 13.2 Å². The Balaban J connectivity index is 1.60. The van der Waals surface area contributed by atoms with Crippen molar-refractivity contribution in [2.24, 2.45) is 5.92 Å². The maximum absolute atomic E-state index is 12.8. The van der Waals surface area contributed by atoms with E-state index in [1.54, 1.807) is 24.3 Å². The van der Waals surface area contributed by atoms with Crippen molar-refractivity contribution in [3.8, 4) is 0 Å². The molecular weight excluding hydrogens is 408 g/mol. The second kappa shape index (κ2) is 9.28. The molecule has 1 saturated heterocycles. The molecule has 156 valence electrons. The topological polar surface area (TPSA) is 66.5 Å². The first-order valence-corrected chi connectivity index (χ1v) is 11.9. The van der Waals surface area contributed by atoms with Gasteiger partial charge in [0.25, 0.3) is 0 Å². The summed E-state index contributed by atoms with van der Waals surface area (Å²) in [5.74, 6) is -0.255. The molecule has 0 spiro atoms.